The smallest absolute Gasteiger partial charge is 0.282 e. The molecule has 1 atom stereocenters. The molecule has 1 aliphatic rings. The molecule has 0 spiro atoms. The lowest BCUT2D eigenvalue weighted by molar-refractivity contribution is -0.387. The molecule has 1 saturated carbocycles. The molecule has 0 bridgehead atoms. The number of thioether (sulfide) groups is 1. The average Bonchev–Trinajstić information content (AvgIpc) is 3.21. The van der Waals surface area contributed by atoms with Gasteiger partial charge in [-0.3, -0.25) is 14.9 Å². The van der Waals surface area contributed by atoms with Crippen LogP contribution in [0.3, 0.4) is 0 Å². The predicted molar refractivity (Wildman–Crippen MR) is 77.6 cm³/mol. The number of nitrogens with two attached hydrogens (primary N) is 1. The van der Waals surface area contributed by atoms with Gasteiger partial charge in [-0.1, -0.05) is 12.1 Å². The molecule has 1 aliphatic carbocycles. The van der Waals surface area contributed by atoms with Crippen LogP contribution in [0.1, 0.15) is 19.3 Å². The van der Waals surface area contributed by atoms with Gasteiger partial charge >= 0.3 is 0 Å². The fourth-order valence-electron chi connectivity index (χ4n) is 1.86. The second kappa shape index (κ2) is 6.71. The Bertz CT molecular complexity index is 505. The van der Waals surface area contributed by atoms with Crippen LogP contribution in [0.15, 0.2) is 29.2 Å². The Morgan fingerprint density at radius 3 is 2.80 bits per heavy atom. The lowest BCUT2D eigenvalue weighted by atomic mass is 10.2. The van der Waals surface area contributed by atoms with Gasteiger partial charge in [0, 0.05) is 17.9 Å². The average molecular weight is 295 g/mol. The largest absolute Gasteiger partial charge is 0.368 e. The molecule has 1 amide bonds. The van der Waals surface area contributed by atoms with Gasteiger partial charge in [-0.2, -0.15) is 0 Å². The van der Waals surface area contributed by atoms with Crippen molar-refractivity contribution >= 4 is 23.4 Å². The number of para-hydroxylation sites is 1. The van der Waals surface area contributed by atoms with E-state index in [2.05, 4.69) is 5.32 Å². The number of nitrogens with one attached hydrogen (secondary N) is 1. The second-order valence-corrected chi connectivity index (χ2v) is 5.89. The summed E-state index contributed by atoms with van der Waals surface area (Å²) in [6, 6.07) is 6.67. The van der Waals surface area contributed by atoms with E-state index in [1.165, 1.54) is 17.8 Å². The van der Waals surface area contributed by atoms with E-state index < -0.39 is 4.92 Å². The number of hydrogen-bond donors (Lipinski definition) is 2. The summed E-state index contributed by atoms with van der Waals surface area (Å²) < 4.78 is 0. The summed E-state index contributed by atoms with van der Waals surface area (Å²) in [6.07, 6.45) is 2.74. The number of rotatable bonds is 8. The number of benzene rings is 1. The Balaban J connectivity index is 1.88. The molecule has 7 heteroatoms. The van der Waals surface area contributed by atoms with Crippen LogP contribution < -0.4 is 11.1 Å². The summed E-state index contributed by atoms with van der Waals surface area (Å²) in [6.45, 7) is 0. The van der Waals surface area contributed by atoms with Crippen LogP contribution in [-0.2, 0) is 4.79 Å². The number of amides is 1. The first-order valence-electron chi connectivity index (χ1n) is 6.49. The van der Waals surface area contributed by atoms with Crippen molar-refractivity contribution in [2.75, 3.05) is 5.75 Å². The van der Waals surface area contributed by atoms with Gasteiger partial charge < -0.3 is 11.1 Å². The standard InChI is InChI=1S/C13H17N3O3S/c14-13(17)10(15-9-5-6-9)7-8-20-12-4-2-1-3-11(12)16(18)19/h1-4,9-10,15H,5-8H2,(H2,14,17). The van der Waals surface area contributed by atoms with Crippen molar-refractivity contribution < 1.29 is 9.72 Å². The Hall–Kier alpha value is -1.60. The number of carbonyl (C=O) groups excluding carboxylic acids is 1. The highest BCUT2D eigenvalue weighted by Crippen LogP contribution is 2.29. The molecule has 108 valence electrons. The fraction of sp³-hybridized carbons (Fsp3) is 0.462. The normalized spacial score (nSPS) is 15.8. The summed E-state index contributed by atoms with van der Waals surface area (Å²) >= 11 is 1.38. The van der Waals surface area contributed by atoms with Crippen LogP contribution in [0.4, 0.5) is 5.69 Å². The predicted octanol–water partition coefficient (Wildman–Crippen LogP) is 1.68. The Kier molecular flexibility index (Phi) is 4.97. The minimum absolute atomic E-state index is 0.100. The van der Waals surface area contributed by atoms with Gasteiger partial charge in [0.25, 0.3) is 5.69 Å². The molecule has 6 nitrogen and oxygen atoms in total. The molecule has 1 aromatic carbocycles. The van der Waals surface area contributed by atoms with Gasteiger partial charge in [-0.25, -0.2) is 0 Å². The van der Waals surface area contributed by atoms with Gasteiger partial charge in [0.05, 0.1) is 15.9 Å². The Morgan fingerprint density at radius 1 is 1.50 bits per heavy atom. The van der Waals surface area contributed by atoms with Crippen molar-refractivity contribution in [3.05, 3.63) is 34.4 Å². The zero-order valence-electron chi connectivity index (χ0n) is 11.0. The minimum Gasteiger partial charge on any atom is -0.368 e. The van der Waals surface area contributed by atoms with E-state index in [1.807, 2.05) is 0 Å². The van der Waals surface area contributed by atoms with Crippen LogP contribution in [0.25, 0.3) is 0 Å². The topological polar surface area (TPSA) is 98.3 Å². The third-order valence-electron chi connectivity index (χ3n) is 3.08. The Morgan fingerprint density at radius 2 is 2.20 bits per heavy atom. The van der Waals surface area contributed by atoms with Gasteiger partial charge in [0.1, 0.15) is 0 Å². The van der Waals surface area contributed by atoms with Gasteiger partial charge in [0.2, 0.25) is 5.91 Å². The molecule has 0 aromatic heterocycles. The van der Waals surface area contributed by atoms with Crippen molar-refractivity contribution in [1.29, 1.82) is 0 Å². The van der Waals surface area contributed by atoms with Crippen molar-refractivity contribution in [3.8, 4) is 0 Å². The van der Waals surface area contributed by atoms with E-state index in [0.717, 1.165) is 12.8 Å². The molecule has 0 aliphatic heterocycles. The highest BCUT2D eigenvalue weighted by molar-refractivity contribution is 7.99. The molecule has 1 fully saturated rings. The molecule has 1 unspecified atom stereocenters. The molecule has 2 rings (SSSR count). The number of carbonyl (C=O) groups is 1. The van der Waals surface area contributed by atoms with E-state index in [0.29, 0.717) is 23.1 Å². The molecule has 0 heterocycles. The third-order valence-corrected chi connectivity index (χ3v) is 4.18. The van der Waals surface area contributed by atoms with E-state index in [4.69, 9.17) is 5.73 Å². The summed E-state index contributed by atoms with van der Waals surface area (Å²) in [5.41, 5.74) is 5.45. The summed E-state index contributed by atoms with van der Waals surface area (Å²) in [7, 11) is 0. The summed E-state index contributed by atoms with van der Waals surface area (Å²) in [5, 5.41) is 14.1. The zero-order valence-corrected chi connectivity index (χ0v) is 11.8. The van der Waals surface area contributed by atoms with Gasteiger partial charge in [-0.15, -0.1) is 11.8 Å². The monoisotopic (exact) mass is 295 g/mol. The maximum Gasteiger partial charge on any atom is 0.282 e. The third kappa shape index (κ3) is 4.21. The number of nitro groups is 1. The molecule has 0 radical (unpaired) electrons. The van der Waals surface area contributed by atoms with Crippen molar-refractivity contribution in [2.45, 2.75) is 36.2 Å². The molecule has 20 heavy (non-hydrogen) atoms. The highest BCUT2D eigenvalue weighted by atomic mass is 32.2. The van der Waals surface area contributed by atoms with E-state index >= 15 is 0 Å². The van der Waals surface area contributed by atoms with Crippen LogP contribution >= 0.6 is 11.8 Å². The summed E-state index contributed by atoms with van der Waals surface area (Å²) in [4.78, 5) is 22.4. The van der Waals surface area contributed by atoms with Crippen LogP contribution in [-0.4, -0.2) is 28.7 Å². The van der Waals surface area contributed by atoms with Gasteiger partial charge in [0.15, 0.2) is 0 Å². The highest BCUT2D eigenvalue weighted by Gasteiger charge is 2.27. The molecular weight excluding hydrogens is 278 g/mol. The molecule has 0 saturated heterocycles. The van der Waals surface area contributed by atoms with E-state index in [1.54, 1.807) is 18.2 Å². The number of nitro benzene ring substituents is 1. The van der Waals surface area contributed by atoms with Crippen LogP contribution in [0, 0.1) is 10.1 Å². The zero-order chi connectivity index (χ0) is 14.5. The number of nitrogens with zero attached hydrogens (tertiary/aromatic N) is 1. The number of hydrogen-bond acceptors (Lipinski definition) is 5. The molecular formula is C13H17N3O3S. The first-order valence-corrected chi connectivity index (χ1v) is 7.48. The van der Waals surface area contributed by atoms with E-state index in [-0.39, 0.29) is 17.6 Å². The Labute approximate surface area is 121 Å². The number of primary amides is 1. The molecule has 1 aromatic rings. The maximum atomic E-state index is 11.3. The first-order chi connectivity index (χ1) is 9.58. The van der Waals surface area contributed by atoms with Gasteiger partial charge in [-0.05, 0) is 25.3 Å². The summed E-state index contributed by atoms with van der Waals surface area (Å²) in [5.74, 6) is 0.248. The lowest BCUT2D eigenvalue weighted by Gasteiger charge is -2.14. The molecule has 3 N–H and O–H groups in total. The second-order valence-electron chi connectivity index (χ2n) is 4.76. The van der Waals surface area contributed by atoms with Crippen LogP contribution in [0.2, 0.25) is 0 Å². The van der Waals surface area contributed by atoms with Crippen molar-refractivity contribution in [3.63, 3.8) is 0 Å². The maximum absolute atomic E-state index is 11.3. The SMILES string of the molecule is NC(=O)C(CCSc1ccccc1[N+](=O)[O-])NC1CC1. The first kappa shape index (κ1) is 14.8. The lowest BCUT2D eigenvalue weighted by Crippen LogP contribution is -2.42. The van der Waals surface area contributed by atoms with Crippen molar-refractivity contribution in [1.82, 2.24) is 5.32 Å². The van der Waals surface area contributed by atoms with Crippen LogP contribution in [0.5, 0.6) is 0 Å². The van der Waals surface area contributed by atoms with E-state index in [9.17, 15) is 14.9 Å². The van der Waals surface area contributed by atoms with Crippen molar-refractivity contribution in [2.24, 2.45) is 5.73 Å². The quantitative estimate of drug-likeness (QED) is 0.432. The fourth-order valence-corrected chi connectivity index (χ4v) is 2.90. The minimum atomic E-state index is -0.393.